The largest absolute Gasteiger partial charge is 0.497 e. The van der Waals surface area contributed by atoms with E-state index in [1.165, 1.54) is 0 Å². The molecule has 0 saturated carbocycles. The zero-order valence-corrected chi connectivity index (χ0v) is 16.3. The molecule has 1 atom stereocenters. The van der Waals surface area contributed by atoms with Crippen LogP contribution in [0.2, 0.25) is 0 Å². The number of nitrogens with zero attached hydrogens (tertiary/aromatic N) is 2. The van der Waals surface area contributed by atoms with Gasteiger partial charge in [-0.25, -0.2) is 9.78 Å². The molecule has 9 heteroatoms. The Labute approximate surface area is 167 Å². The quantitative estimate of drug-likeness (QED) is 0.578. The Kier molecular flexibility index (Phi) is 5.22. The minimum absolute atomic E-state index is 0.0396. The van der Waals surface area contributed by atoms with Crippen molar-refractivity contribution < 1.29 is 14.3 Å². The van der Waals surface area contributed by atoms with Gasteiger partial charge in [-0.2, -0.15) is 0 Å². The van der Waals surface area contributed by atoms with E-state index >= 15 is 0 Å². The van der Waals surface area contributed by atoms with Gasteiger partial charge in [-0.05, 0) is 36.2 Å². The van der Waals surface area contributed by atoms with Crippen molar-refractivity contribution >= 4 is 17.1 Å². The maximum Gasteiger partial charge on any atom is 0.325 e. The second-order valence-electron chi connectivity index (χ2n) is 7.09. The maximum absolute atomic E-state index is 12.6. The van der Waals surface area contributed by atoms with E-state index in [9.17, 15) is 9.59 Å². The number of hydrogen-bond donors (Lipinski definition) is 3. The molecule has 4 rings (SSSR count). The zero-order valence-electron chi connectivity index (χ0n) is 16.3. The number of aromatic amines is 2. The van der Waals surface area contributed by atoms with Crippen LogP contribution in [0, 0.1) is 0 Å². The summed E-state index contributed by atoms with van der Waals surface area (Å²) in [5.41, 5.74) is 1.99. The summed E-state index contributed by atoms with van der Waals surface area (Å²) < 4.78 is 10.7. The van der Waals surface area contributed by atoms with Crippen LogP contribution >= 0.6 is 0 Å². The number of fused-ring (bicyclic) bond motifs is 1. The summed E-state index contributed by atoms with van der Waals surface area (Å²) in [5.74, 6) is 1.27. The molecular formula is C20H23N5O4. The topological polar surface area (TPSA) is 112 Å². The molecule has 1 aliphatic heterocycles. The Balaban J connectivity index is 1.38. The minimum Gasteiger partial charge on any atom is -0.497 e. The number of aromatic nitrogens is 3. The molecule has 1 saturated heterocycles. The molecule has 1 amide bonds. The van der Waals surface area contributed by atoms with Crippen molar-refractivity contribution in [1.82, 2.24) is 25.2 Å². The number of imidazole rings is 1. The molecule has 1 unspecified atom stereocenters. The van der Waals surface area contributed by atoms with Crippen molar-refractivity contribution in [3.63, 3.8) is 0 Å². The van der Waals surface area contributed by atoms with Gasteiger partial charge in [0.1, 0.15) is 17.2 Å². The highest BCUT2D eigenvalue weighted by Gasteiger charge is 2.25. The number of carbonyl (C=O) groups excluding carboxylic acids is 1. The third kappa shape index (κ3) is 4.24. The summed E-state index contributed by atoms with van der Waals surface area (Å²) >= 11 is 0. The maximum atomic E-state index is 12.6. The van der Waals surface area contributed by atoms with Crippen LogP contribution in [0.3, 0.4) is 0 Å². The average molecular weight is 397 g/mol. The number of amides is 1. The van der Waals surface area contributed by atoms with Gasteiger partial charge in [-0.15, -0.1) is 0 Å². The SMILES string of the molecule is COc1cc(CN2CCC(NC(=O)c3ccc4[nH]c(=O)[nH]c4n3)C2)cc(OC)c1. The van der Waals surface area contributed by atoms with Crippen molar-refractivity contribution in [2.24, 2.45) is 0 Å². The van der Waals surface area contributed by atoms with Crippen LogP contribution in [0.25, 0.3) is 11.2 Å². The number of likely N-dealkylation sites (tertiary alicyclic amines) is 1. The summed E-state index contributed by atoms with van der Waals surface area (Å²) in [5, 5.41) is 3.03. The third-order valence-corrected chi connectivity index (χ3v) is 5.03. The molecule has 152 valence electrons. The fourth-order valence-electron chi connectivity index (χ4n) is 3.61. The highest BCUT2D eigenvalue weighted by atomic mass is 16.5. The van der Waals surface area contributed by atoms with E-state index in [1.54, 1.807) is 26.4 Å². The first-order chi connectivity index (χ1) is 14.0. The fourth-order valence-corrected chi connectivity index (χ4v) is 3.61. The number of pyridine rings is 1. The van der Waals surface area contributed by atoms with Crippen molar-refractivity contribution in [1.29, 1.82) is 0 Å². The Hall–Kier alpha value is -3.33. The smallest absolute Gasteiger partial charge is 0.325 e. The monoisotopic (exact) mass is 397 g/mol. The number of hydrogen-bond acceptors (Lipinski definition) is 6. The molecule has 3 N–H and O–H groups in total. The van der Waals surface area contributed by atoms with Crippen LogP contribution in [-0.4, -0.2) is 59.1 Å². The highest BCUT2D eigenvalue weighted by Crippen LogP contribution is 2.24. The molecule has 0 spiro atoms. The van der Waals surface area contributed by atoms with Gasteiger partial charge in [-0.1, -0.05) is 0 Å². The first-order valence-electron chi connectivity index (χ1n) is 9.38. The molecule has 2 aromatic heterocycles. The lowest BCUT2D eigenvalue weighted by Crippen LogP contribution is -2.37. The number of nitrogens with one attached hydrogen (secondary N) is 3. The lowest BCUT2D eigenvalue weighted by molar-refractivity contribution is 0.0933. The zero-order chi connectivity index (χ0) is 20.4. The van der Waals surface area contributed by atoms with Gasteiger partial charge in [0, 0.05) is 31.7 Å². The van der Waals surface area contributed by atoms with Gasteiger partial charge in [0.05, 0.1) is 19.7 Å². The lowest BCUT2D eigenvalue weighted by atomic mass is 10.2. The molecule has 0 bridgehead atoms. The molecule has 1 fully saturated rings. The van der Waals surface area contributed by atoms with E-state index in [0.717, 1.165) is 43.1 Å². The molecule has 1 aromatic carbocycles. The van der Waals surface area contributed by atoms with Gasteiger partial charge >= 0.3 is 5.69 Å². The van der Waals surface area contributed by atoms with Crippen LogP contribution in [0.15, 0.2) is 35.1 Å². The second kappa shape index (κ2) is 7.96. The summed E-state index contributed by atoms with van der Waals surface area (Å²) in [6.07, 6.45) is 0.857. The summed E-state index contributed by atoms with van der Waals surface area (Å²) in [4.78, 5) is 35.6. The predicted molar refractivity (Wildman–Crippen MR) is 107 cm³/mol. The number of H-pyrrole nitrogens is 2. The fraction of sp³-hybridized carbons (Fsp3) is 0.350. The van der Waals surface area contributed by atoms with Gasteiger partial charge < -0.3 is 19.8 Å². The van der Waals surface area contributed by atoms with E-state index in [1.807, 2.05) is 18.2 Å². The van der Waals surface area contributed by atoms with E-state index in [-0.39, 0.29) is 23.3 Å². The van der Waals surface area contributed by atoms with Crippen molar-refractivity contribution in [2.45, 2.75) is 19.0 Å². The van der Waals surface area contributed by atoms with Crippen molar-refractivity contribution in [3.8, 4) is 11.5 Å². The Bertz CT molecular complexity index is 1070. The van der Waals surface area contributed by atoms with Crippen LogP contribution in [-0.2, 0) is 6.54 Å². The van der Waals surface area contributed by atoms with Crippen molar-refractivity contribution in [2.75, 3.05) is 27.3 Å². The standard InChI is InChI=1S/C20H23N5O4/c1-28-14-7-12(8-15(9-14)29-2)10-25-6-5-13(11-25)21-19(26)17-4-3-16-18(22-17)24-20(27)23-16/h3-4,7-9,13H,5-6,10-11H2,1-2H3,(H,21,26)(H2,22,23,24,27). The normalized spacial score (nSPS) is 16.8. The van der Waals surface area contributed by atoms with Gasteiger partial charge in [0.15, 0.2) is 5.65 Å². The predicted octanol–water partition coefficient (Wildman–Crippen LogP) is 1.27. The second-order valence-corrected chi connectivity index (χ2v) is 7.09. The number of benzene rings is 1. The number of ether oxygens (including phenoxy) is 2. The molecular weight excluding hydrogens is 374 g/mol. The lowest BCUT2D eigenvalue weighted by Gasteiger charge is -2.18. The van der Waals surface area contributed by atoms with Gasteiger partial charge in [-0.3, -0.25) is 14.7 Å². The van der Waals surface area contributed by atoms with Gasteiger partial charge in [0.25, 0.3) is 5.91 Å². The van der Waals surface area contributed by atoms with E-state index in [0.29, 0.717) is 11.2 Å². The first-order valence-corrected chi connectivity index (χ1v) is 9.38. The molecule has 0 aliphatic carbocycles. The van der Waals surface area contributed by atoms with E-state index < -0.39 is 0 Å². The van der Waals surface area contributed by atoms with Crippen molar-refractivity contribution in [3.05, 3.63) is 52.1 Å². The Morgan fingerprint density at radius 2 is 1.97 bits per heavy atom. The number of methoxy groups -OCH3 is 2. The summed E-state index contributed by atoms with van der Waals surface area (Å²) in [7, 11) is 3.27. The highest BCUT2D eigenvalue weighted by molar-refractivity contribution is 5.94. The summed E-state index contributed by atoms with van der Waals surface area (Å²) in [6, 6.07) is 9.15. The first kappa shape index (κ1) is 19.0. The molecule has 1 aliphatic rings. The van der Waals surface area contributed by atoms with E-state index in [2.05, 4.69) is 25.2 Å². The third-order valence-electron chi connectivity index (χ3n) is 5.03. The van der Waals surface area contributed by atoms with Crippen LogP contribution in [0.4, 0.5) is 0 Å². The number of rotatable bonds is 6. The molecule has 29 heavy (non-hydrogen) atoms. The molecule has 9 nitrogen and oxygen atoms in total. The van der Waals surface area contributed by atoms with Crippen LogP contribution in [0.1, 0.15) is 22.5 Å². The molecule has 3 aromatic rings. The molecule has 3 heterocycles. The van der Waals surface area contributed by atoms with Gasteiger partial charge in [0.2, 0.25) is 0 Å². The minimum atomic E-state index is -0.342. The van der Waals surface area contributed by atoms with Crippen LogP contribution < -0.4 is 20.5 Å². The Morgan fingerprint density at radius 3 is 2.69 bits per heavy atom. The van der Waals surface area contributed by atoms with E-state index in [4.69, 9.17) is 9.47 Å². The Morgan fingerprint density at radius 1 is 1.21 bits per heavy atom. The average Bonchev–Trinajstić information content (AvgIpc) is 3.31. The van der Waals surface area contributed by atoms with Crippen LogP contribution in [0.5, 0.6) is 11.5 Å². The summed E-state index contributed by atoms with van der Waals surface area (Å²) in [6.45, 7) is 2.37. The number of carbonyl (C=O) groups is 1. The molecule has 0 radical (unpaired) electrons.